The van der Waals surface area contributed by atoms with Crippen molar-refractivity contribution in [2.45, 2.75) is 13.5 Å². The third-order valence-electron chi connectivity index (χ3n) is 4.05. The summed E-state index contributed by atoms with van der Waals surface area (Å²) in [7, 11) is 0. The van der Waals surface area contributed by atoms with Gasteiger partial charge in [-0.3, -0.25) is 4.98 Å². The molecule has 4 aromatic rings. The largest absolute Gasteiger partial charge is 0.341 e. The second kappa shape index (κ2) is 4.74. The van der Waals surface area contributed by atoms with Crippen LogP contribution in [0.4, 0.5) is 0 Å². The summed E-state index contributed by atoms with van der Waals surface area (Å²) in [5.74, 6) is 0. The minimum absolute atomic E-state index is 0.961. The van der Waals surface area contributed by atoms with E-state index in [0.29, 0.717) is 0 Å². The Labute approximate surface area is 123 Å². The van der Waals surface area contributed by atoms with Crippen LogP contribution >= 0.6 is 0 Å². The van der Waals surface area contributed by atoms with Gasteiger partial charge in [0.25, 0.3) is 0 Å². The van der Waals surface area contributed by atoms with Crippen molar-refractivity contribution in [2.24, 2.45) is 0 Å². The Kier molecular flexibility index (Phi) is 2.74. The maximum Gasteiger partial charge on any atom is 0.0802 e. The maximum atomic E-state index is 4.66. The van der Waals surface area contributed by atoms with Crippen molar-refractivity contribution in [2.75, 3.05) is 0 Å². The first-order valence-corrected chi connectivity index (χ1v) is 7.31. The number of fused-ring (bicyclic) bond motifs is 3. The molecule has 2 aromatic carbocycles. The molecule has 2 heteroatoms. The minimum Gasteiger partial charge on any atom is -0.341 e. The topological polar surface area (TPSA) is 17.8 Å². The second-order valence-electron chi connectivity index (χ2n) is 5.18. The highest BCUT2D eigenvalue weighted by atomic mass is 15.0. The lowest BCUT2D eigenvalue weighted by Gasteiger charge is -2.05. The van der Waals surface area contributed by atoms with Crippen LogP contribution in [-0.2, 0) is 6.54 Å². The predicted molar refractivity (Wildman–Crippen MR) is 88.3 cm³/mol. The highest BCUT2D eigenvalue weighted by molar-refractivity contribution is 6.13. The number of hydrogen-bond acceptors (Lipinski definition) is 1. The van der Waals surface area contributed by atoms with Gasteiger partial charge in [-0.1, -0.05) is 48.5 Å². The monoisotopic (exact) mass is 272 g/mol. The van der Waals surface area contributed by atoms with Gasteiger partial charge in [0.1, 0.15) is 0 Å². The van der Waals surface area contributed by atoms with Crippen molar-refractivity contribution in [1.29, 1.82) is 0 Å². The van der Waals surface area contributed by atoms with E-state index >= 15 is 0 Å². The van der Waals surface area contributed by atoms with Crippen LogP contribution in [0.25, 0.3) is 33.1 Å². The molecule has 4 rings (SSSR count). The van der Waals surface area contributed by atoms with Crippen molar-refractivity contribution in [3.05, 3.63) is 66.9 Å². The Morgan fingerprint density at radius 3 is 2.43 bits per heavy atom. The molecular weight excluding hydrogens is 256 g/mol. The van der Waals surface area contributed by atoms with Crippen molar-refractivity contribution in [1.82, 2.24) is 9.55 Å². The Hall–Kier alpha value is -2.61. The van der Waals surface area contributed by atoms with Gasteiger partial charge in [-0.25, -0.2) is 0 Å². The molecule has 0 N–H and O–H groups in total. The van der Waals surface area contributed by atoms with E-state index in [4.69, 9.17) is 0 Å². The van der Waals surface area contributed by atoms with Gasteiger partial charge in [0.2, 0.25) is 0 Å². The van der Waals surface area contributed by atoms with Gasteiger partial charge in [-0.2, -0.15) is 0 Å². The summed E-state index contributed by atoms with van der Waals surface area (Å²) in [6.07, 6.45) is 1.91. The van der Waals surface area contributed by atoms with Crippen LogP contribution in [0.2, 0.25) is 0 Å². The molecule has 0 aliphatic carbocycles. The quantitative estimate of drug-likeness (QED) is 0.508. The van der Waals surface area contributed by atoms with Crippen molar-refractivity contribution in [3.63, 3.8) is 0 Å². The number of aryl methyl sites for hydroxylation is 1. The number of para-hydroxylation sites is 1. The van der Waals surface area contributed by atoms with Gasteiger partial charge in [0.15, 0.2) is 0 Å². The van der Waals surface area contributed by atoms with E-state index in [9.17, 15) is 0 Å². The molecule has 2 aromatic heterocycles. The first-order valence-electron chi connectivity index (χ1n) is 7.31. The van der Waals surface area contributed by atoms with E-state index in [1.807, 2.05) is 12.3 Å². The number of pyridine rings is 1. The van der Waals surface area contributed by atoms with Gasteiger partial charge in [0.05, 0.1) is 11.2 Å². The smallest absolute Gasteiger partial charge is 0.0802 e. The Balaban J connectivity index is 2.19. The number of benzene rings is 2. The van der Waals surface area contributed by atoms with Crippen LogP contribution in [-0.4, -0.2) is 9.55 Å². The SMILES string of the molecule is CCn1c2ccccc2c2c(-c3ccccc3)nccc21. The Morgan fingerprint density at radius 1 is 0.857 bits per heavy atom. The van der Waals surface area contributed by atoms with E-state index < -0.39 is 0 Å². The van der Waals surface area contributed by atoms with Gasteiger partial charge in [-0.15, -0.1) is 0 Å². The molecule has 102 valence electrons. The maximum absolute atomic E-state index is 4.66. The molecule has 0 saturated heterocycles. The van der Waals surface area contributed by atoms with E-state index in [1.54, 1.807) is 0 Å². The third-order valence-corrected chi connectivity index (χ3v) is 4.05. The van der Waals surface area contributed by atoms with Crippen LogP contribution < -0.4 is 0 Å². The fourth-order valence-corrected chi connectivity index (χ4v) is 3.15. The first-order chi connectivity index (χ1) is 10.4. The lowest BCUT2D eigenvalue weighted by atomic mass is 10.1. The number of hydrogen-bond donors (Lipinski definition) is 0. The van der Waals surface area contributed by atoms with Crippen LogP contribution in [0.15, 0.2) is 66.9 Å². The van der Waals surface area contributed by atoms with Crippen LogP contribution in [0, 0.1) is 0 Å². The molecule has 2 heterocycles. The van der Waals surface area contributed by atoms with E-state index in [0.717, 1.165) is 12.2 Å². The molecule has 0 aliphatic rings. The molecule has 0 aliphatic heterocycles. The van der Waals surface area contributed by atoms with Gasteiger partial charge >= 0.3 is 0 Å². The number of nitrogens with zero attached hydrogens (tertiary/aromatic N) is 2. The molecule has 0 bridgehead atoms. The molecule has 0 atom stereocenters. The Bertz CT molecular complexity index is 920. The van der Waals surface area contributed by atoms with E-state index in [2.05, 4.69) is 71.1 Å². The molecule has 2 nitrogen and oxygen atoms in total. The van der Waals surface area contributed by atoms with Gasteiger partial charge < -0.3 is 4.57 Å². The predicted octanol–water partition coefficient (Wildman–Crippen LogP) is 4.88. The molecule has 0 radical (unpaired) electrons. The number of aromatic nitrogens is 2. The van der Waals surface area contributed by atoms with Crippen molar-refractivity contribution in [3.8, 4) is 11.3 Å². The molecule has 0 saturated carbocycles. The zero-order chi connectivity index (χ0) is 14.2. The summed E-state index contributed by atoms with van der Waals surface area (Å²) in [4.78, 5) is 4.66. The summed E-state index contributed by atoms with van der Waals surface area (Å²) in [6.45, 7) is 3.15. The van der Waals surface area contributed by atoms with Crippen molar-refractivity contribution >= 4 is 21.8 Å². The summed E-state index contributed by atoms with van der Waals surface area (Å²) < 4.78 is 2.36. The third kappa shape index (κ3) is 1.76. The Morgan fingerprint density at radius 2 is 1.62 bits per heavy atom. The fourth-order valence-electron chi connectivity index (χ4n) is 3.15. The molecule has 0 unspecified atom stereocenters. The molecule has 0 fully saturated rings. The van der Waals surface area contributed by atoms with E-state index in [-0.39, 0.29) is 0 Å². The molecule has 0 amide bonds. The fraction of sp³-hybridized carbons (Fsp3) is 0.105. The first kappa shape index (κ1) is 12.2. The zero-order valence-corrected chi connectivity index (χ0v) is 12.0. The summed E-state index contributed by atoms with van der Waals surface area (Å²) in [5, 5.41) is 2.53. The van der Waals surface area contributed by atoms with Crippen LogP contribution in [0.1, 0.15) is 6.92 Å². The lowest BCUT2D eigenvalue weighted by molar-refractivity contribution is 0.827. The zero-order valence-electron chi connectivity index (χ0n) is 12.0. The summed E-state index contributed by atoms with van der Waals surface area (Å²) >= 11 is 0. The molecule has 0 spiro atoms. The summed E-state index contributed by atoms with van der Waals surface area (Å²) in [6, 6.07) is 21.1. The molecular formula is C19H16N2. The highest BCUT2D eigenvalue weighted by Crippen LogP contribution is 2.34. The van der Waals surface area contributed by atoms with Crippen LogP contribution in [0.3, 0.4) is 0 Å². The van der Waals surface area contributed by atoms with Gasteiger partial charge in [0, 0.05) is 34.6 Å². The standard InChI is InChI=1S/C19H16N2/c1-2-21-16-11-7-6-10-15(16)18-17(21)12-13-20-19(18)14-8-4-3-5-9-14/h3-13H,2H2,1H3. The highest BCUT2D eigenvalue weighted by Gasteiger charge is 2.14. The van der Waals surface area contributed by atoms with Crippen LogP contribution in [0.5, 0.6) is 0 Å². The summed E-state index contributed by atoms with van der Waals surface area (Å²) in [5.41, 5.74) is 4.77. The average Bonchev–Trinajstić information content (AvgIpc) is 2.89. The lowest BCUT2D eigenvalue weighted by Crippen LogP contribution is -1.93. The van der Waals surface area contributed by atoms with Crippen molar-refractivity contribution < 1.29 is 0 Å². The van der Waals surface area contributed by atoms with Gasteiger partial charge in [-0.05, 0) is 19.1 Å². The minimum atomic E-state index is 0.961. The molecule has 21 heavy (non-hydrogen) atoms. The number of rotatable bonds is 2. The average molecular weight is 272 g/mol. The second-order valence-corrected chi connectivity index (χ2v) is 5.18. The van der Waals surface area contributed by atoms with E-state index in [1.165, 1.54) is 27.4 Å². The normalized spacial score (nSPS) is 11.3.